The van der Waals surface area contributed by atoms with Gasteiger partial charge in [-0.2, -0.15) is 13.2 Å². The largest absolute Gasteiger partial charge is 0.508 e. The van der Waals surface area contributed by atoms with Crippen LogP contribution in [0.4, 0.5) is 13.2 Å². The van der Waals surface area contributed by atoms with Gasteiger partial charge in [0.2, 0.25) is 0 Å². The van der Waals surface area contributed by atoms with Crippen LogP contribution in [0.5, 0.6) is 17.2 Å². The first-order chi connectivity index (χ1) is 16.6. The van der Waals surface area contributed by atoms with E-state index in [1.54, 1.807) is 32.4 Å². The predicted octanol–water partition coefficient (Wildman–Crippen LogP) is 5.58. The van der Waals surface area contributed by atoms with Gasteiger partial charge in [-0.15, -0.1) is 0 Å². The summed E-state index contributed by atoms with van der Waals surface area (Å²) in [5, 5.41) is 21.6. The average molecular weight is 488 g/mol. The van der Waals surface area contributed by atoms with Crippen LogP contribution in [-0.4, -0.2) is 42.4 Å². The fraction of sp³-hybridized carbons (Fsp3) is 0.333. The quantitative estimate of drug-likeness (QED) is 0.476. The molecule has 1 saturated heterocycles. The molecule has 0 aliphatic carbocycles. The molecule has 1 fully saturated rings. The predicted molar refractivity (Wildman–Crippen MR) is 126 cm³/mol. The molecule has 8 heteroatoms. The molecule has 0 atom stereocenters. The van der Waals surface area contributed by atoms with Gasteiger partial charge in [-0.3, -0.25) is 4.90 Å². The number of hydrogen-bond acceptors (Lipinski definition) is 5. The molecule has 5 nitrogen and oxygen atoms in total. The molecular formula is C27H28F3NO4. The van der Waals surface area contributed by atoms with Crippen molar-refractivity contribution in [3.63, 3.8) is 0 Å². The molecule has 0 amide bonds. The van der Waals surface area contributed by atoms with E-state index in [9.17, 15) is 23.4 Å². The van der Waals surface area contributed by atoms with Crippen LogP contribution in [0.1, 0.15) is 29.5 Å². The summed E-state index contributed by atoms with van der Waals surface area (Å²) in [6.45, 7) is 1.38. The van der Waals surface area contributed by atoms with Gasteiger partial charge < -0.3 is 19.7 Å². The summed E-state index contributed by atoms with van der Waals surface area (Å²) in [5.41, 5.74) is 0.575. The summed E-state index contributed by atoms with van der Waals surface area (Å²) in [6.07, 6.45) is -3.88. The van der Waals surface area contributed by atoms with E-state index < -0.39 is 17.3 Å². The molecular weight excluding hydrogens is 459 g/mol. The van der Waals surface area contributed by atoms with Gasteiger partial charge >= 0.3 is 6.18 Å². The molecule has 4 rings (SSSR count). The lowest BCUT2D eigenvalue weighted by molar-refractivity contribution is -0.137. The molecule has 0 bridgehead atoms. The number of ether oxygens (including phenoxy) is 2. The lowest BCUT2D eigenvalue weighted by Gasteiger charge is -2.39. The number of alkyl halides is 3. The first kappa shape index (κ1) is 24.9. The van der Waals surface area contributed by atoms with Crippen molar-refractivity contribution in [3.8, 4) is 28.4 Å². The maximum absolute atomic E-state index is 13.1. The number of nitrogens with zero attached hydrogens (tertiary/aromatic N) is 1. The van der Waals surface area contributed by atoms with E-state index in [0.717, 1.165) is 23.3 Å². The monoisotopic (exact) mass is 487 g/mol. The molecule has 0 spiro atoms. The zero-order chi connectivity index (χ0) is 25.2. The highest BCUT2D eigenvalue weighted by atomic mass is 19.4. The van der Waals surface area contributed by atoms with E-state index in [1.807, 2.05) is 24.3 Å². The number of likely N-dealkylation sites (tertiary alicyclic amines) is 1. The SMILES string of the molecule is COc1ccc(OC)c(-c2ccc(O)c(CN3CCC(O)(c4cccc(C(F)(F)F)c4)CC3)c2)c1. The summed E-state index contributed by atoms with van der Waals surface area (Å²) in [5.74, 6) is 1.50. The smallest absolute Gasteiger partial charge is 0.416 e. The van der Waals surface area contributed by atoms with Crippen molar-refractivity contribution in [2.24, 2.45) is 0 Å². The third kappa shape index (κ3) is 5.39. The molecule has 1 aliphatic rings. The summed E-state index contributed by atoms with van der Waals surface area (Å²) in [4.78, 5) is 2.07. The molecule has 186 valence electrons. The van der Waals surface area contributed by atoms with Crippen molar-refractivity contribution in [2.45, 2.75) is 31.2 Å². The van der Waals surface area contributed by atoms with E-state index in [1.165, 1.54) is 6.07 Å². The van der Waals surface area contributed by atoms with Crippen LogP contribution >= 0.6 is 0 Å². The Bertz CT molecular complexity index is 1190. The van der Waals surface area contributed by atoms with Crippen LogP contribution in [0.3, 0.4) is 0 Å². The second-order valence-corrected chi connectivity index (χ2v) is 8.80. The van der Waals surface area contributed by atoms with E-state index >= 15 is 0 Å². The fourth-order valence-electron chi connectivity index (χ4n) is 4.51. The minimum Gasteiger partial charge on any atom is -0.508 e. The maximum atomic E-state index is 13.1. The van der Waals surface area contributed by atoms with Crippen LogP contribution < -0.4 is 9.47 Å². The Hall–Kier alpha value is -3.23. The number of halogens is 3. The molecule has 1 aliphatic heterocycles. The minimum atomic E-state index is -4.46. The first-order valence-corrected chi connectivity index (χ1v) is 11.3. The van der Waals surface area contributed by atoms with Gasteiger partial charge in [0, 0.05) is 30.8 Å². The third-order valence-electron chi connectivity index (χ3n) is 6.60. The molecule has 0 unspecified atom stereocenters. The highest BCUT2D eigenvalue weighted by molar-refractivity contribution is 5.73. The summed E-state index contributed by atoms with van der Waals surface area (Å²) in [7, 11) is 3.18. The van der Waals surface area contributed by atoms with Crippen LogP contribution in [0, 0.1) is 0 Å². The van der Waals surface area contributed by atoms with Crippen LogP contribution in [-0.2, 0) is 18.3 Å². The van der Waals surface area contributed by atoms with Crippen molar-refractivity contribution in [1.29, 1.82) is 0 Å². The number of rotatable bonds is 6. The second-order valence-electron chi connectivity index (χ2n) is 8.80. The topological polar surface area (TPSA) is 62.2 Å². The summed E-state index contributed by atoms with van der Waals surface area (Å²) in [6, 6.07) is 15.7. The van der Waals surface area contributed by atoms with Crippen molar-refractivity contribution in [2.75, 3.05) is 27.3 Å². The van der Waals surface area contributed by atoms with Crippen molar-refractivity contribution >= 4 is 0 Å². The molecule has 2 N–H and O–H groups in total. The number of phenols is 1. The number of benzene rings is 3. The van der Waals surface area contributed by atoms with Gasteiger partial charge in [0.15, 0.2) is 0 Å². The molecule has 3 aromatic rings. The second kappa shape index (κ2) is 9.79. The van der Waals surface area contributed by atoms with Crippen LogP contribution in [0.15, 0.2) is 60.7 Å². The van der Waals surface area contributed by atoms with E-state index in [2.05, 4.69) is 4.90 Å². The zero-order valence-electron chi connectivity index (χ0n) is 19.6. The number of aromatic hydroxyl groups is 1. The number of phenolic OH excluding ortho intramolecular Hbond substituents is 1. The Labute approximate surface area is 202 Å². The van der Waals surface area contributed by atoms with Gasteiger partial charge in [-0.25, -0.2) is 0 Å². The highest BCUT2D eigenvalue weighted by Gasteiger charge is 2.37. The fourth-order valence-corrected chi connectivity index (χ4v) is 4.51. The number of hydrogen-bond donors (Lipinski definition) is 2. The maximum Gasteiger partial charge on any atom is 0.416 e. The Morgan fingerprint density at radius 3 is 2.34 bits per heavy atom. The van der Waals surface area contributed by atoms with Gasteiger partial charge in [0.05, 0.1) is 25.4 Å². The molecule has 1 heterocycles. The van der Waals surface area contributed by atoms with E-state index in [-0.39, 0.29) is 11.3 Å². The standard InChI is InChI=1S/C27H28F3NO4/c1-34-22-7-9-25(35-2)23(16-22)18-6-8-24(32)19(14-18)17-31-12-10-26(33,11-13-31)20-4-3-5-21(15-20)27(28,29)30/h3-9,14-16,32-33H,10-13,17H2,1-2H3. The molecule has 0 aromatic heterocycles. The van der Waals surface area contributed by atoms with Crippen LogP contribution in [0.2, 0.25) is 0 Å². The minimum absolute atomic E-state index is 0.148. The number of piperidine rings is 1. The average Bonchev–Trinajstić information content (AvgIpc) is 2.86. The van der Waals surface area contributed by atoms with Crippen molar-refractivity contribution in [1.82, 2.24) is 4.90 Å². The lowest BCUT2D eigenvalue weighted by atomic mass is 9.83. The first-order valence-electron chi connectivity index (χ1n) is 11.3. The molecule has 0 radical (unpaired) electrons. The third-order valence-corrected chi connectivity index (χ3v) is 6.60. The number of aliphatic hydroxyl groups is 1. The molecule has 35 heavy (non-hydrogen) atoms. The van der Waals surface area contributed by atoms with Crippen molar-refractivity contribution < 1.29 is 32.9 Å². The summed E-state index contributed by atoms with van der Waals surface area (Å²) < 4.78 is 50.2. The lowest BCUT2D eigenvalue weighted by Crippen LogP contribution is -2.42. The van der Waals surface area contributed by atoms with Gasteiger partial charge in [-0.1, -0.05) is 18.2 Å². The van der Waals surface area contributed by atoms with E-state index in [0.29, 0.717) is 49.5 Å². The Balaban J connectivity index is 1.50. The summed E-state index contributed by atoms with van der Waals surface area (Å²) >= 11 is 0. The Kier molecular flexibility index (Phi) is 6.96. The normalized spacial score (nSPS) is 16.2. The van der Waals surface area contributed by atoms with Crippen molar-refractivity contribution in [3.05, 3.63) is 77.4 Å². The Morgan fingerprint density at radius 2 is 1.69 bits per heavy atom. The van der Waals surface area contributed by atoms with Gasteiger partial charge in [0.1, 0.15) is 17.2 Å². The zero-order valence-corrected chi connectivity index (χ0v) is 19.6. The Morgan fingerprint density at radius 1 is 0.943 bits per heavy atom. The van der Waals surface area contributed by atoms with Gasteiger partial charge in [-0.05, 0) is 66.4 Å². The molecule has 0 saturated carbocycles. The van der Waals surface area contributed by atoms with Gasteiger partial charge in [0.25, 0.3) is 0 Å². The number of methoxy groups -OCH3 is 2. The van der Waals surface area contributed by atoms with Crippen LogP contribution in [0.25, 0.3) is 11.1 Å². The highest BCUT2D eigenvalue weighted by Crippen LogP contribution is 2.39. The molecule has 3 aromatic carbocycles. The van der Waals surface area contributed by atoms with E-state index in [4.69, 9.17) is 9.47 Å².